The van der Waals surface area contributed by atoms with Crippen molar-refractivity contribution >= 4 is 32.6 Å². The van der Waals surface area contributed by atoms with E-state index in [1.807, 2.05) is 17.0 Å². The number of carbonyl (C=O) groups is 1. The number of nitrogens with one attached hydrogen (secondary N) is 2. The van der Waals surface area contributed by atoms with E-state index in [1.165, 1.54) is 18.4 Å². The standard InChI is InChI=1S/C30H37N7O4S/c1-4-6-22(7-5-2)33-26-13-10-21(18-31-26)30(38)37-16-14-23(15-17-37)41-29-25-19-32-36-28(25)34-27(35-29)20-8-11-24(12-9-20)42(3,39)40/h8-13,18-19,22-23H,4-7,14-17H2,1-3H3,(H,31,33)(H,32,34,35,36). The number of aromatic nitrogens is 5. The first-order chi connectivity index (χ1) is 20.2. The van der Waals surface area contributed by atoms with Gasteiger partial charge in [-0.15, -0.1) is 0 Å². The maximum Gasteiger partial charge on any atom is 0.255 e. The minimum absolute atomic E-state index is 0.0368. The topological polar surface area (TPSA) is 143 Å². The third-order valence-electron chi connectivity index (χ3n) is 7.46. The number of piperidine rings is 1. The molecule has 11 nitrogen and oxygen atoms in total. The minimum atomic E-state index is -3.31. The summed E-state index contributed by atoms with van der Waals surface area (Å²) >= 11 is 0. The lowest BCUT2D eigenvalue weighted by Gasteiger charge is -2.32. The molecule has 12 heteroatoms. The van der Waals surface area contributed by atoms with Gasteiger partial charge in [-0.2, -0.15) is 10.1 Å². The highest BCUT2D eigenvalue weighted by Crippen LogP contribution is 2.28. The van der Waals surface area contributed by atoms with E-state index in [9.17, 15) is 13.2 Å². The maximum atomic E-state index is 13.2. The van der Waals surface area contributed by atoms with Gasteiger partial charge < -0.3 is 15.0 Å². The summed E-state index contributed by atoms with van der Waals surface area (Å²) in [5.74, 6) is 1.56. The molecule has 1 amide bonds. The number of likely N-dealkylation sites (tertiary alicyclic amines) is 1. The number of amides is 1. The summed E-state index contributed by atoms with van der Waals surface area (Å²) in [6.07, 6.45) is 10.0. The van der Waals surface area contributed by atoms with Crippen molar-refractivity contribution in [3.05, 3.63) is 54.4 Å². The Labute approximate surface area is 246 Å². The number of anilines is 1. The molecule has 4 aromatic rings. The van der Waals surface area contributed by atoms with Crippen molar-refractivity contribution in [2.24, 2.45) is 0 Å². The molecule has 1 aliphatic rings. The van der Waals surface area contributed by atoms with Crippen LogP contribution in [0.25, 0.3) is 22.4 Å². The number of rotatable bonds is 11. The summed E-state index contributed by atoms with van der Waals surface area (Å²) in [5, 5.41) is 11.1. The van der Waals surface area contributed by atoms with Gasteiger partial charge in [0.25, 0.3) is 5.91 Å². The zero-order valence-corrected chi connectivity index (χ0v) is 25.0. The Hall–Kier alpha value is -4.06. The number of hydrogen-bond acceptors (Lipinski definition) is 9. The molecule has 0 atom stereocenters. The zero-order chi connectivity index (χ0) is 29.7. The molecule has 3 aromatic heterocycles. The van der Waals surface area contributed by atoms with Gasteiger partial charge in [-0.25, -0.2) is 18.4 Å². The molecule has 1 aliphatic heterocycles. The van der Waals surface area contributed by atoms with Crippen LogP contribution in [0.1, 0.15) is 62.7 Å². The van der Waals surface area contributed by atoms with E-state index < -0.39 is 9.84 Å². The number of pyridine rings is 1. The van der Waals surface area contributed by atoms with Crippen molar-refractivity contribution in [3.63, 3.8) is 0 Å². The monoisotopic (exact) mass is 591 g/mol. The van der Waals surface area contributed by atoms with E-state index in [4.69, 9.17) is 4.74 Å². The Morgan fingerprint density at radius 2 is 1.76 bits per heavy atom. The Kier molecular flexibility index (Phi) is 9.00. The average molecular weight is 592 g/mol. The molecule has 5 rings (SSSR count). The second kappa shape index (κ2) is 12.8. The van der Waals surface area contributed by atoms with Gasteiger partial charge in [0.15, 0.2) is 21.3 Å². The molecule has 0 unspecified atom stereocenters. The summed E-state index contributed by atoms with van der Waals surface area (Å²) < 4.78 is 30.0. The van der Waals surface area contributed by atoms with Crippen molar-refractivity contribution in [1.29, 1.82) is 0 Å². The fourth-order valence-electron chi connectivity index (χ4n) is 5.20. The van der Waals surface area contributed by atoms with Crippen molar-refractivity contribution in [2.75, 3.05) is 24.7 Å². The number of fused-ring (bicyclic) bond motifs is 1. The molecule has 0 saturated carbocycles. The quantitative estimate of drug-likeness (QED) is 0.249. The Morgan fingerprint density at radius 1 is 1.05 bits per heavy atom. The normalized spacial score (nSPS) is 14.4. The molecule has 0 radical (unpaired) electrons. The lowest BCUT2D eigenvalue weighted by Crippen LogP contribution is -2.41. The van der Waals surface area contributed by atoms with Gasteiger partial charge in [-0.3, -0.25) is 9.89 Å². The smallest absolute Gasteiger partial charge is 0.255 e. The van der Waals surface area contributed by atoms with E-state index in [1.54, 1.807) is 24.5 Å². The third-order valence-corrected chi connectivity index (χ3v) is 8.59. The van der Waals surface area contributed by atoms with E-state index in [0.717, 1.165) is 31.5 Å². The molecule has 222 valence electrons. The van der Waals surface area contributed by atoms with Gasteiger partial charge in [0.05, 0.1) is 16.7 Å². The first-order valence-corrected chi connectivity index (χ1v) is 16.3. The lowest BCUT2D eigenvalue weighted by molar-refractivity contribution is 0.0590. The third kappa shape index (κ3) is 6.87. The van der Waals surface area contributed by atoms with Crippen molar-refractivity contribution in [3.8, 4) is 17.3 Å². The van der Waals surface area contributed by atoms with Crippen LogP contribution in [0.4, 0.5) is 5.82 Å². The summed E-state index contributed by atoms with van der Waals surface area (Å²) in [6, 6.07) is 10.5. The Morgan fingerprint density at radius 3 is 2.38 bits per heavy atom. The van der Waals surface area contributed by atoms with Crippen LogP contribution in [-0.4, -0.2) is 75.9 Å². The molecule has 1 fully saturated rings. The molecular formula is C30H37N7O4S. The number of H-pyrrole nitrogens is 1. The first kappa shape index (κ1) is 29.4. The molecule has 0 spiro atoms. The summed E-state index contributed by atoms with van der Waals surface area (Å²) in [7, 11) is -3.31. The van der Waals surface area contributed by atoms with Gasteiger partial charge >= 0.3 is 0 Å². The van der Waals surface area contributed by atoms with Crippen LogP contribution >= 0.6 is 0 Å². The van der Waals surface area contributed by atoms with E-state index in [-0.39, 0.29) is 16.9 Å². The van der Waals surface area contributed by atoms with Gasteiger partial charge in [0.2, 0.25) is 5.88 Å². The number of sulfone groups is 1. The van der Waals surface area contributed by atoms with Crippen LogP contribution < -0.4 is 10.1 Å². The number of ether oxygens (including phenoxy) is 1. The van der Waals surface area contributed by atoms with E-state index >= 15 is 0 Å². The van der Waals surface area contributed by atoms with Gasteiger partial charge in [0, 0.05) is 50.0 Å². The van der Waals surface area contributed by atoms with Crippen molar-refractivity contribution in [2.45, 2.75) is 69.4 Å². The highest BCUT2D eigenvalue weighted by molar-refractivity contribution is 7.90. The van der Waals surface area contributed by atoms with Gasteiger partial charge in [-0.05, 0) is 49.2 Å². The van der Waals surface area contributed by atoms with Crippen LogP contribution in [-0.2, 0) is 9.84 Å². The van der Waals surface area contributed by atoms with E-state index in [0.29, 0.717) is 65.8 Å². The summed E-state index contributed by atoms with van der Waals surface area (Å²) in [4.78, 5) is 28.9. The van der Waals surface area contributed by atoms with Crippen LogP contribution in [0.3, 0.4) is 0 Å². The summed E-state index contributed by atoms with van der Waals surface area (Å²) in [6.45, 7) is 5.47. The Balaban J connectivity index is 1.22. The van der Waals surface area contributed by atoms with Gasteiger partial charge in [-0.1, -0.05) is 26.7 Å². The predicted octanol–water partition coefficient (Wildman–Crippen LogP) is 4.88. The number of hydrogen-bond donors (Lipinski definition) is 2. The fourth-order valence-corrected chi connectivity index (χ4v) is 5.83. The van der Waals surface area contributed by atoms with Crippen molar-refractivity contribution in [1.82, 2.24) is 30.0 Å². The van der Waals surface area contributed by atoms with Gasteiger partial charge in [0.1, 0.15) is 17.3 Å². The summed E-state index contributed by atoms with van der Waals surface area (Å²) in [5.41, 5.74) is 1.76. The van der Waals surface area contributed by atoms with Crippen LogP contribution in [0, 0.1) is 0 Å². The molecule has 1 saturated heterocycles. The number of benzene rings is 1. The molecule has 2 N–H and O–H groups in total. The molecule has 4 heterocycles. The lowest BCUT2D eigenvalue weighted by atomic mass is 10.1. The van der Waals surface area contributed by atoms with Crippen LogP contribution in [0.2, 0.25) is 0 Å². The maximum absolute atomic E-state index is 13.2. The molecular weight excluding hydrogens is 554 g/mol. The highest BCUT2D eigenvalue weighted by atomic mass is 32.2. The average Bonchev–Trinajstić information content (AvgIpc) is 3.47. The first-order valence-electron chi connectivity index (χ1n) is 14.4. The minimum Gasteiger partial charge on any atom is -0.474 e. The number of carbonyl (C=O) groups excluding carboxylic acids is 1. The second-order valence-electron chi connectivity index (χ2n) is 10.7. The zero-order valence-electron chi connectivity index (χ0n) is 24.2. The SMILES string of the molecule is CCCC(CCC)Nc1ccc(C(=O)N2CCC(Oc3nc(-c4ccc(S(C)(=O)=O)cc4)nc4[nH]ncc34)CC2)cn1. The molecule has 0 bridgehead atoms. The molecule has 0 aliphatic carbocycles. The molecule has 42 heavy (non-hydrogen) atoms. The molecule has 1 aromatic carbocycles. The van der Waals surface area contributed by atoms with Crippen molar-refractivity contribution < 1.29 is 17.9 Å². The highest BCUT2D eigenvalue weighted by Gasteiger charge is 2.26. The van der Waals surface area contributed by atoms with Crippen LogP contribution in [0.15, 0.2) is 53.7 Å². The van der Waals surface area contributed by atoms with Crippen LogP contribution in [0.5, 0.6) is 5.88 Å². The fraction of sp³-hybridized carbons (Fsp3) is 0.433. The largest absolute Gasteiger partial charge is 0.474 e. The number of aromatic amines is 1. The second-order valence-corrected chi connectivity index (χ2v) is 12.8. The van der Waals surface area contributed by atoms with E-state index in [2.05, 4.69) is 44.3 Å². The predicted molar refractivity (Wildman–Crippen MR) is 161 cm³/mol. The Bertz CT molecular complexity index is 1610. The number of nitrogens with zero attached hydrogens (tertiary/aromatic N) is 5.